The van der Waals surface area contributed by atoms with Crippen LogP contribution in [0.5, 0.6) is 5.75 Å². The van der Waals surface area contributed by atoms with Crippen molar-refractivity contribution in [3.63, 3.8) is 0 Å². The molecule has 3 aromatic rings. The summed E-state index contributed by atoms with van der Waals surface area (Å²) in [4.78, 5) is 37.7. The lowest BCUT2D eigenvalue weighted by atomic mass is 10.1. The first kappa shape index (κ1) is 27.1. The van der Waals surface area contributed by atoms with Gasteiger partial charge in [0.05, 0.1) is 0 Å². The van der Waals surface area contributed by atoms with Crippen LogP contribution in [0.25, 0.3) is 0 Å². The summed E-state index contributed by atoms with van der Waals surface area (Å²) in [7, 11) is 0. The van der Waals surface area contributed by atoms with Crippen LogP contribution in [-0.2, 0) is 27.4 Å². The minimum Gasteiger partial charge on any atom is -0.508 e. The van der Waals surface area contributed by atoms with Gasteiger partial charge >= 0.3 is 12.2 Å². The molecule has 3 rings (SSSR count). The predicted octanol–water partition coefficient (Wildman–Crippen LogP) is 5.02. The average Bonchev–Trinajstić information content (AvgIpc) is 2.85. The topological polar surface area (TPSA) is 126 Å². The van der Waals surface area contributed by atoms with E-state index >= 15 is 0 Å². The Bertz CT molecular complexity index is 1210. The van der Waals surface area contributed by atoms with Gasteiger partial charge in [-0.05, 0) is 61.7 Å². The number of ether oxygens (including phenoxy) is 2. The summed E-state index contributed by atoms with van der Waals surface area (Å²) in [6, 6.07) is 20.9. The van der Waals surface area contributed by atoms with E-state index in [-0.39, 0.29) is 18.9 Å². The lowest BCUT2D eigenvalue weighted by Crippen LogP contribution is -2.37. The zero-order valence-corrected chi connectivity index (χ0v) is 21.0. The molecular weight excluding hydrogens is 474 g/mol. The van der Waals surface area contributed by atoms with E-state index in [0.717, 1.165) is 11.1 Å². The van der Waals surface area contributed by atoms with Crippen LogP contribution < -0.4 is 16.0 Å². The molecule has 0 saturated heterocycles. The molecule has 9 heteroatoms. The van der Waals surface area contributed by atoms with Crippen molar-refractivity contribution in [2.24, 2.45) is 0 Å². The monoisotopic (exact) mass is 505 g/mol. The van der Waals surface area contributed by atoms with Crippen molar-refractivity contribution in [1.82, 2.24) is 10.6 Å². The summed E-state index contributed by atoms with van der Waals surface area (Å²) in [6.45, 7) is 5.57. The minimum atomic E-state index is -1.09. The number of hydrogen-bond acceptors (Lipinski definition) is 6. The normalized spacial score (nSPS) is 11.6. The number of nitrogens with one attached hydrogen (secondary N) is 3. The number of carbonyl (C=O) groups excluding carboxylic acids is 3. The molecule has 37 heavy (non-hydrogen) atoms. The molecule has 3 amide bonds. The number of hydrogen-bond donors (Lipinski definition) is 4. The lowest BCUT2D eigenvalue weighted by molar-refractivity contribution is -0.118. The van der Waals surface area contributed by atoms with Gasteiger partial charge < -0.3 is 30.5 Å². The molecule has 4 N–H and O–H groups in total. The summed E-state index contributed by atoms with van der Waals surface area (Å²) in [5.41, 5.74) is 1.85. The van der Waals surface area contributed by atoms with Crippen LogP contribution in [-0.4, -0.2) is 28.8 Å². The molecule has 0 aromatic heterocycles. The third-order valence-corrected chi connectivity index (χ3v) is 4.99. The fourth-order valence-corrected chi connectivity index (χ4v) is 3.31. The average molecular weight is 506 g/mol. The van der Waals surface area contributed by atoms with Crippen LogP contribution in [0.1, 0.15) is 43.5 Å². The van der Waals surface area contributed by atoms with Gasteiger partial charge in [-0.15, -0.1) is 0 Å². The molecule has 0 fully saturated rings. The van der Waals surface area contributed by atoms with E-state index in [1.807, 2.05) is 30.3 Å². The van der Waals surface area contributed by atoms with Crippen molar-refractivity contribution in [2.45, 2.75) is 45.6 Å². The van der Waals surface area contributed by atoms with Crippen molar-refractivity contribution in [3.8, 4) is 5.75 Å². The van der Waals surface area contributed by atoms with E-state index in [2.05, 4.69) is 16.0 Å². The molecule has 0 aliphatic carbocycles. The summed E-state index contributed by atoms with van der Waals surface area (Å²) in [6.07, 6.45) is -1.32. The molecule has 3 aromatic carbocycles. The second-order valence-corrected chi connectivity index (χ2v) is 9.28. The molecule has 0 radical (unpaired) electrons. The van der Waals surface area contributed by atoms with Crippen LogP contribution >= 0.6 is 0 Å². The molecule has 0 saturated carbocycles. The fourth-order valence-electron chi connectivity index (χ4n) is 3.31. The number of phenols is 1. The molecule has 1 atom stereocenters. The van der Waals surface area contributed by atoms with Crippen LogP contribution in [0.3, 0.4) is 0 Å². The second-order valence-electron chi connectivity index (χ2n) is 9.28. The summed E-state index contributed by atoms with van der Waals surface area (Å²) >= 11 is 0. The van der Waals surface area contributed by atoms with E-state index < -0.39 is 29.7 Å². The number of alkyl carbamates (subject to hydrolysis) is 2. The van der Waals surface area contributed by atoms with Crippen LogP contribution in [0.2, 0.25) is 0 Å². The first-order chi connectivity index (χ1) is 17.6. The number of rotatable bonds is 8. The summed E-state index contributed by atoms with van der Waals surface area (Å²) in [5.74, 6) is -0.487. The zero-order valence-electron chi connectivity index (χ0n) is 21.0. The SMILES string of the molecule is CC(C)(C)OC(=O)NCc1cccc(NC(=O)[C@@H](NC(=O)OCc2ccccc2)c2ccc(O)cc2)c1. The van der Waals surface area contributed by atoms with Crippen molar-refractivity contribution in [3.05, 3.63) is 95.6 Å². The zero-order chi connectivity index (χ0) is 26.8. The molecule has 0 aliphatic rings. The molecular formula is C28H31N3O6. The van der Waals surface area contributed by atoms with Gasteiger partial charge in [0.25, 0.3) is 5.91 Å². The first-order valence-electron chi connectivity index (χ1n) is 11.7. The maximum atomic E-state index is 13.2. The number of phenolic OH excluding ortho intramolecular Hbond substituents is 1. The summed E-state index contributed by atoms with van der Waals surface area (Å²) in [5, 5.41) is 17.7. The van der Waals surface area contributed by atoms with Gasteiger partial charge in [0.15, 0.2) is 0 Å². The van der Waals surface area contributed by atoms with Crippen molar-refractivity contribution < 1.29 is 29.0 Å². The van der Waals surface area contributed by atoms with Gasteiger partial charge in [0.2, 0.25) is 0 Å². The van der Waals surface area contributed by atoms with E-state index in [1.165, 1.54) is 24.3 Å². The van der Waals surface area contributed by atoms with E-state index in [1.54, 1.807) is 45.0 Å². The highest BCUT2D eigenvalue weighted by molar-refractivity contribution is 5.97. The van der Waals surface area contributed by atoms with Gasteiger partial charge in [-0.25, -0.2) is 9.59 Å². The van der Waals surface area contributed by atoms with E-state index in [9.17, 15) is 19.5 Å². The van der Waals surface area contributed by atoms with E-state index in [4.69, 9.17) is 9.47 Å². The molecule has 0 aliphatic heterocycles. The smallest absolute Gasteiger partial charge is 0.408 e. The van der Waals surface area contributed by atoms with Crippen LogP contribution in [0, 0.1) is 0 Å². The largest absolute Gasteiger partial charge is 0.508 e. The molecule has 194 valence electrons. The number of amides is 3. The van der Waals surface area contributed by atoms with E-state index in [0.29, 0.717) is 11.3 Å². The standard InChI is InChI=1S/C28H31N3O6/c1-28(2,3)37-26(34)29-17-20-10-7-11-22(16-20)30-25(33)24(21-12-14-23(32)15-13-21)31-27(35)36-18-19-8-5-4-6-9-19/h4-16,24,32H,17-18H2,1-3H3,(H,29,34)(H,30,33)(H,31,35)/t24-/m0/s1. The second kappa shape index (κ2) is 12.4. The number of benzene rings is 3. The highest BCUT2D eigenvalue weighted by atomic mass is 16.6. The molecule has 0 bridgehead atoms. The Morgan fingerprint density at radius 3 is 2.22 bits per heavy atom. The Morgan fingerprint density at radius 1 is 0.865 bits per heavy atom. The maximum Gasteiger partial charge on any atom is 0.408 e. The van der Waals surface area contributed by atoms with Gasteiger partial charge in [0, 0.05) is 12.2 Å². The first-order valence-corrected chi connectivity index (χ1v) is 11.7. The lowest BCUT2D eigenvalue weighted by Gasteiger charge is -2.20. The van der Waals surface area contributed by atoms with Crippen molar-refractivity contribution in [2.75, 3.05) is 5.32 Å². The fraction of sp³-hybridized carbons (Fsp3) is 0.250. The Hall–Kier alpha value is -4.53. The molecule has 0 heterocycles. The Kier molecular flexibility index (Phi) is 9.10. The minimum absolute atomic E-state index is 0.0275. The van der Waals surface area contributed by atoms with Gasteiger partial charge in [0.1, 0.15) is 24.0 Å². The Morgan fingerprint density at radius 2 is 1.54 bits per heavy atom. The number of aromatic hydroxyl groups is 1. The molecule has 9 nitrogen and oxygen atoms in total. The Labute approximate surface area is 215 Å². The van der Waals surface area contributed by atoms with Crippen molar-refractivity contribution >= 4 is 23.8 Å². The quantitative estimate of drug-likeness (QED) is 0.340. The van der Waals surface area contributed by atoms with Crippen LogP contribution in [0.4, 0.5) is 15.3 Å². The molecule has 0 spiro atoms. The Balaban J connectivity index is 1.67. The highest BCUT2D eigenvalue weighted by Crippen LogP contribution is 2.20. The third-order valence-electron chi connectivity index (χ3n) is 4.99. The van der Waals surface area contributed by atoms with Gasteiger partial charge in [-0.1, -0.05) is 54.6 Å². The van der Waals surface area contributed by atoms with Crippen LogP contribution in [0.15, 0.2) is 78.9 Å². The maximum absolute atomic E-state index is 13.2. The third kappa shape index (κ3) is 9.21. The highest BCUT2D eigenvalue weighted by Gasteiger charge is 2.24. The predicted molar refractivity (Wildman–Crippen MR) is 139 cm³/mol. The molecule has 0 unspecified atom stereocenters. The van der Waals surface area contributed by atoms with Crippen molar-refractivity contribution in [1.29, 1.82) is 0 Å². The number of carbonyl (C=O) groups is 3. The van der Waals surface area contributed by atoms with Gasteiger partial charge in [-0.2, -0.15) is 0 Å². The summed E-state index contributed by atoms with van der Waals surface area (Å²) < 4.78 is 10.5. The van der Waals surface area contributed by atoms with Gasteiger partial charge in [-0.3, -0.25) is 4.79 Å². The number of anilines is 1.